The van der Waals surface area contributed by atoms with Crippen molar-refractivity contribution in [2.24, 2.45) is 0 Å². The normalized spacial score (nSPS) is 9.74. The van der Waals surface area contributed by atoms with Crippen LogP contribution in [0.4, 0.5) is 5.69 Å². The van der Waals surface area contributed by atoms with Crippen molar-refractivity contribution in [2.75, 3.05) is 12.4 Å². The SMILES string of the molecule is COc1cc(NCc2ccc(C#N)cc2)ccc1Br. The Balaban J connectivity index is 2.03. The standard InChI is InChI=1S/C15H13BrN2O/c1-19-15-8-13(6-7-14(15)16)18-10-12-4-2-11(9-17)3-5-12/h2-8,18H,10H2,1H3. The molecule has 96 valence electrons. The molecule has 0 bridgehead atoms. The molecule has 0 aromatic heterocycles. The number of ether oxygens (including phenoxy) is 1. The summed E-state index contributed by atoms with van der Waals surface area (Å²) in [7, 11) is 1.64. The Morgan fingerprint density at radius 1 is 1.21 bits per heavy atom. The number of nitriles is 1. The van der Waals surface area contributed by atoms with Crippen LogP contribution in [-0.2, 0) is 6.54 Å². The third-order valence-electron chi connectivity index (χ3n) is 2.73. The smallest absolute Gasteiger partial charge is 0.135 e. The summed E-state index contributed by atoms with van der Waals surface area (Å²) in [4.78, 5) is 0. The van der Waals surface area contributed by atoms with E-state index in [0.717, 1.165) is 21.5 Å². The second-order valence-electron chi connectivity index (χ2n) is 4.01. The average Bonchev–Trinajstić information content (AvgIpc) is 2.47. The molecule has 0 saturated heterocycles. The molecule has 2 aromatic carbocycles. The first-order valence-corrected chi connectivity index (χ1v) is 6.58. The molecule has 0 saturated carbocycles. The van der Waals surface area contributed by atoms with Crippen LogP contribution in [-0.4, -0.2) is 7.11 Å². The van der Waals surface area contributed by atoms with Crippen LogP contribution in [0.1, 0.15) is 11.1 Å². The Morgan fingerprint density at radius 2 is 1.95 bits per heavy atom. The van der Waals surface area contributed by atoms with Gasteiger partial charge in [0.1, 0.15) is 5.75 Å². The molecule has 3 nitrogen and oxygen atoms in total. The molecule has 0 fully saturated rings. The number of nitrogens with one attached hydrogen (secondary N) is 1. The van der Waals surface area contributed by atoms with Gasteiger partial charge in [0, 0.05) is 18.3 Å². The van der Waals surface area contributed by atoms with E-state index in [2.05, 4.69) is 27.3 Å². The maximum Gasteiger partial charge on any atom is 0.135 e. The molecule has 0 unspecified atom stereocenters. The van der Waals surface area contributed by atoms with Crippen LogP contribution in [0.25, 0.3) is 0 Å². The molecule has 1 N–H and O–H groups in total. The molecule has 4 heteroatoms. The van der Waals surface area contributed by atoms with Gasteiger partial charge in [-0.15, -0.1) is 0 Å². The molecule has 0 amide bonds. The van der Waals surface area contributed by atoms with Gasteiger partial charge in [0.2, 0.25) is 0 Å². The maximum absolute atomic E-state index is 8.74. The summed E-state index contributed by atoms with van der Waals surface area (Å²) in [5.74, 6) is 0.796. The number of rotatable bonds is 4. The van der Waals surface area contributed by atoms with Crippen LogP contribution in [0.15, 0.2) is 46.9 Å². The summed E-state index contributed by atoms with van der Waals surface area (Å²) in [6, 6.07) is 15.5. The highest BCUT2D eigenvalue weighted by molar-refractivity contribution is 9.10. The van der Waals surface area contributed by atoms with Crippen LogP contribution in [0.5, 0.6) is 5.75 Å². The summed E-state index contributed by atoms with van der Waals surface area (Å²) in [6.07, 6.45) is 0. The van der Waals surface area contributed by atoms with Crippen molar-refractivity contribution in [3.05, 3.63) is 58.1 Å². The van der Waals surface area contributed by atoms with Gasteiger partial charge in [0.25, 0.3) is 0 Å². The minimum absolute atomic E-state index is 0.675. The minimum Gasteiger partial charge on any atom is -0.495 e. The number of halogens is 1. The van der Waals surface area contributed by atoms with E-state index < -0.39 is 0 Å². The van der Waals surface area contributed by atoms with Gasteiger partial charge in [-0.05, 0) is 45.8 Å². The fourth-order valence-electron chi connectivity index (χ4n) is 1.67. The lowest BCUT2D eigenvalue weighted by molar-refractivity contribution is 0.412. The van der Waals surface area contributed by atoms with Crippen molar-refractivity contribution in [3.8, 4) is 11.8 Å². The van der Waals surface area contributed by atoms with Gasteiger partial charge in [-0.2, -0.15) is 5.26 Å². The number of benzene rings is 2. The zero-order valence-corrected chi connectivity index (χ0v) is 12.1. The topological polar surface area (TPSA) is 45.0 Å². The third-order valence-corrected chi connectivity index (χ3v) is 3.39. The predicted molar refractivity (Wildman–Crippen MR) is 79.2 cm³/mol. The molecule has 2 aromatic rings. The number of anilines is 1. The lowest BCUT2D eigenvalue weighted by Gasteiger charge is -2.09. The number of methoxy groups -OCH3 is 1. The molecule has 2 rings (SSSR count). The quantitative estimate of drug-likeness (QED) is 0.929. The lowest BCUT2D eigenvalue weighted by atomic mass is 10.1. The van der Waals surface area contributed by atoms with Crippen molar-refractivity contribution >= 4 is 21.6 Å². The van der Waals surface area contributed by atoms with Gasteiger partial charge < -0.3 is 10.1 Å². The highest BCUT2D eigenvalue weighted by Gasteiger charge is 2.01. The van der Waals surface area contributed by atoms with Crippen LogP contribution in [0, 0.1) is 11.3 Å². The highest BCUT2D eigenvalue weighted by atomic mass is 79.9. The summed E-state index contributed by atoms with van der Waals surface area (Å²) in [5, 5.41) is 12.1. The Labute approximate surface area is 121 Å². The van der Waals surface area contributed by atoms with Gasteiger partial charge in [0.15, 0.2) is 0 Å². The molecular formula is C15H13BrN2O. The van der Waals surface area contributed by atoms with Crippen LogP contribution in [0.3, 0.4) is 0 Å². The van der Waals surface area contributed by atoms with Crippen molar-refractivity contribution in [3.63, 3.8) is 0 Å². The Bertz CT molecular complexity index is 603. The predicted octanol–water partition coefficient (Wildman–Crippen LogP) is 3.94. The van der Waals surface area contributed by atoms with E-state index >= 15 is 0 Å². The summed E-state index contributed by atoms with van der Waals surface area (Å²) in [5.41, 5.74) is 2.79. The largest absolute Gasteiger partial charge is 0.495 e. The van der Waals surface area contributed by atoms with Gasteiger partial charge in [-0.1, -0.05) is 12.1 Å². The summed E-state index contributed by atoms with van der Waals surface area (Å²) in [6.45, 7) is 0.705. The van der Waals surface area contributed by atoms with Crippen LogP contribution >= 0.6 is 15.9 Å². The Kier molecular flexibility index (Phi) is 4.43. The fraction of sp³-hybridized carbons (Fsp3) is 0.133. The van der Waals surface area contributed by atoms with Crippen LogP contribution in [0.2, 0.25) is 0 Å². The van der Waals surface area contributed by atoms with E-state index in [9.17, 15) is 0 Å². The Morgan fingerprint density at radius 3 is 2.58 bits per heavy atom. The lowest BCUT2D eigenvalue weighted by Crippen LogP contribution is -1.99. The molecule has 0 atom stereocenters. The summed E-state index contributed by atoms with van der Waals surface area (Å²) < 4.78 is 6.17. The first kappa shape index (κ1) is 13.4. The van der Waals surface area contributed by atoms with Gasteiger partial charge in [-0.3, -0.25) is 0 Å². The number of hydrogen-bond acceptors (Lipinski definition) is 3. The fourth-order valence-corrected chi connectivity index (χ4v) is 2.08. The molecule has 0 spiro atoms. The molecule has 0 aliphatic heterocycles. The second kappa shape index (κ2) is 6.26. The summed E-state index contributed by atoms with van der Waals surface area (Å²) >= 11 is 3.42. The van der Waals surface area contributed by atoms with Gasteiger partial charge in [0.05, 0.1) is 23.2 Å². The molecule has 19 heavy (non-hydrogen) atoms. The maximum atomic E-state index is 8.74. The minimum atomic E-state index is 0.675. The zero-order valence-electron chi connectivity index (χ0n) is 10.5. The number of hydrogen-bond donors (Lipinski definition) is 1. The molecule has 0 aliphatic rings. The third kappa shape index (κ3) is 3.49. The van der Waals surface area contributed by atoms with E-state index in [-0.39, 0.29) is 0 Å². The van der Waals surface area contributed by atoms with Crippen molar-refractivity contribution in [1.29, 1.82) is 5.26 Å². The van der Waals surface area contributed by atoms with E-state index in [0.29, 0.717) is 12.1 Å². The molecular weight excluding hydrogens is 304 g/mol. The van der Waals surface area contributed by atoms with Gasteiger partial charge in [-0.25, -0.2) is 0 Å². The zero-order chi connectivity index (χ0) is 13.7. The van der Waals surface area contributed by atoms with E-state index in [1.807, 2.05) is 42.5 Å². The van der Waals surface area contributed by atoms with Crippen molar-refractivity contribution < 1.29 is 4.74 Å². The monoisotopic (exact) mass is 316 g/mol. The molecule has 0 heterocycles. The van der Waals surface area contributed by atoms with Crippen LogP contribution < -0.4 is 10.1 Å². The molecule has 0 aliphatic carbocycles. The van der Waals surface area contributed by atoms with Crippen molar-refractivity contribution in [1.82, 2.24) is 0 Å². The first-order valence-electron chi connectivity index (χ1n) is 5.79. The van der Waals surface area contributed by atoms with E-state index in [1.165, 1.54) is 0 Å². The number of nitrogens with zero attached hydrogens (tertiary/aromatic N) is 1. The van der Waals surface area contributed by atoms with E-state index in [1.54, 1.807) is 7.11 Å². The first-order chi connectivity index (χ1) is 9.22. The van der Waals surface area contributed by atoms with E-state index in [4.69, 9.17) is 10.00 Å². The van der Waals surface area contributed by atoms with Gasteiger partial charge >= 0.3 is 0 Å². The Hall–Kier alpha value is -1.99. The average molecular weight is 317 g/mol. The second-order valence-corrected chi connectivity index (χ2v) is 4.87. The molecule has 0 radical (unpaired) electrons. The van der Waals surface area contributed by atoms with Crippen molar-refractivity contribution in [2.45, 2.75) is 6.54 Å². The highest BCUT2D eigenvalue weighted by Crippen LogP contribution is 2.28.